The van der Waals surface area contributed by atoms with Gasteiger partial charge >= 0.3 is 0 Å². The highest BCUT2D eigenvalue weighted by Gasteiger charge is 2.25. The molecule has 1 rings (SSSR count). The number of hydrogen-bond donors (Lipinski definition) is 2. The maximum Gasteiger partial charge on any atom is 0.0897 e. The first kappa shape index (κ1) is 12.0. The molecule has 84 valence electrons. The summed E-state index contributed by atoms with van der Waals surface area (Å²) in [4.78, 5) is 0. The molecule has 3 atom stereocenters. The predicted molar refractivity (Wildman–Crippen MR) is 57.3 cm³/mol. The van der Waals surface area contributed by atoms with Gasteiger partial charge in [0.2, 0.25) is 0 Å². The number of nitrogens with one attached hydrogen (secondary N) is 1. The Bertz CT molecular complexity index is 152. The third-order valence-corrected chi connectivity index (χ3v) is 3.16. The molecule has 0 amide bonds. The summed E-state index contributed by atoms with van der Waals surface area (Å²) in [6, 6.07) is 0.617. The molecule has 0 saturated heterocycles. The van der Waals surface area contributed by atoms with Crippen molar-refractivity contribution < 1.29 is 9.84 Å². The van der Waals surface area contributed by atoms with E-state index in [1.165, 1.54) is 25.7 Å². The minimum Gasteiger partial charge on any atom is -0.389 e. The van der Waals surface area contributed by atoms with E-state index in [2.05, 4.69) is 12.2 Å². The second kappa shape index (κ2) is 6.38. The molecule has 1 saturated carbocycles. The van der Waals surface area contributed by atoms with E-state index >= 15 is 0 Å². The van der Waals surface area contributed by atoms with Crippen molar-refractivity contribution in [3.63, 3.8) is 0 Å². The fourth-order valence-corrected chi connectivity index (χ4v) is 2.33. The molecule has 0 radical (unpaired) electrons. The lowest BCUT2D eigenvalue weighted by molar-refractivity contribution is 0.0617. The van der Waals surface area contributed by atoms with Gasteiger partial charge in [0.1, 0.15) is 0 Å². The fourth-order valence-electron chi connectivity index (χ4n) is 2.33. The molecule has 2 N–H and O–H groups in total. The van der Waals surface area contributed by atoms with Crippen LogP contribution >= 0.6 is 0 Å². The van der Waals surface area contributed by atoms with Crippen molar-refractivity contribution in [1.29, 1.82) is 0 Å². The summed E-state index contributed by atoms with van der Waals surface area (Å²) in [5.41, 5.74) is 0. The third-order valence-electron chi connectivity index (χ3n) is 3.16. The second-order valence-electron chi connectivity index (χ2n) is 4.22. The summed E-state index contributed by atoms with van der Waals surface area (Å²) < 4.78 is 4.88. The molecule has 0 spiro atoms. The molecule has 3 heteroatoms. The maximum atomic E-state index is 9.48. The number of hydrogen-bond acceptors (Lipinski definition) is 3. The van der Waals surface area contributed by atoms with Crippen molar-refractivity contribution in [2.24, 2.45) is 5.92 Å². The molecule has 0 aromatic carbocycles. The van der Waals surface area contributed by atoms with Gasteiger partial charge in [-0.3, -0.25) is 0 Å². The van der Waals surface area contributed by atoms with Crippen molar-refractivity contribution in [3.8, 4) is 0 Å². The number of rotatable bonds is 6. The molecule has 0 aromatic rings. The topological polar surface area (TPSA) is 41.5 Å². The van der Waals surface area contributed by atoms with E-state index in [0.29, 0.717) is 19.2 Å². The van der Waals surface area contributed by atoms with Crippen molar-refractivity contribution in [2.75, 3.05) is 20.3 Å². The van der Waals surface area contributed by atoms with Gasteiger partial charge in [-0.15, -0.1) is 0 Å². The van der Waals surface area contributed by atoms with Gasteiger partial charge in [0.15, 0.2) is 0 Å². The monoisotopic (exact) mass is 201 g/mol. The van der Waals surface area contributed by atoms with Crippen LogP contribution in [0.15, 0.2) is 0 Å². The van der Waals surface area contributed by atoms with Crippen LogP contribution in [0.2, 0.25) is 0 Å². The SMILES string of the molecule is CCC1CCCC1NCC(O)COC. The van der Waals surface area contributed by atoms with Crippen LogP contribution in [-0.2, 0) is 4.74 Å². The normalized spacial score (nSPS) is 29.4. The van der Waals surface area contributed by atoms with Crippen LogP contribution in [0.5, 0.6) is 0 Å². The van der Waals surface area contributed by atoms with Gasteiger partial charge in [-0.05, 0) is 18.8 Å². The third kappa shape index (κ3) is 3.56. The van der Waals surface area contributed by atoms with Gasteiger partial charge in [-0.2, -0.15) is 0 Å². The zero-order chi connectivity index (χ0) is 10.4. The molecule has 3 unspecified atom stereocenters. The van der Waals surface area contributed by atoms with Crippen molar-refractivity contribution >= 4 is 0 Å². The molecule has 14 heavy (non-hydrogen) atoms. The van der Waals surface area contributed by atoms with Crippen molar-refractivity contribution in [3.05, 3.63) is 0 Å². The summed E-state index contributed by atoms with van der Waals surface area (Å²) in [6.07, 6.45) is 4.82. The zero-order valence-corrected chi connectivity index (χ0v) is 9.33. The maximum absolute atomic E-state index is 9.48. The van der Waals surface area contributed by atoms with E-state index in [9.17, 15) is 5.11 Å². The van der Waals surface area contributed by atoms with E-state index in [4.69, 9.17) is 4.74 Å². The quantitative estimate of drug-likeness (QED) is 0.677. The molecule has 0 aromatic heterocycles. The van der Waals surface area contributed by atoms with E-state index < -0.39 is 0 Å². The highest BCUT2D eigenvalue weighted by Crippen LogP contribution is 2.27. The molecule has 0 aliphatic heterocycles. The lowest BCUT2D eigenvalue weighted by Gasteiger charge is -2.21. The molecule has 1 aliphatic carbocycles. The van der Waals surface area contributed by atoms with Gasteiger partial charge < -0.3 is 15.2 Å². The molecular formula is C11H23NO2. The Balaban J connectivity index is 2.16. The fraction of sp³-hybridized carbons (Fsp3) is 1.00. The molecular weight excluding hydrogens is 178 g/mol. The van der Waals surface area contributed by atoms with Crippen LogP contribution in [0, 0.1) is 5.92 Å². The highest BCUT2D eigenvalue weighted by molar-refractivity contribution is 4.82. The summed E-state index contributed by atoms with van der Waals surface area (Å²) in [7, 11) is 1.62. The van der Waals surface area contributed by atoms with Gasteiger partial charge in [-0.25, -0.2) is 0 Å². The standard InChI is InChI=1S/C11H23NO2/c1-3-9-5-4-6-11(9)12-7-10(13)8-14-2/h9-13H,3-8H2,1-2H3. The number of aliphatic hydroxyl groups is 1. The first-order chi connectivity index (χ1) is 6.77. The van der Waals surface area contributed by atoms with Crippen LogP contribution in [0.1, 0.15) is 32.6 Å². The summed E-state index contributed by atoms with van der Waals surface area (Å²) in [6.45, 7) is 3.34. The van der Waals surface area contributed by atoms with E-state index in [-0.39, 0.29) is 6.10 Å². The summed E-state index contributed by atoms with van der Waals surface area (Å²) in [5.74, 6) is 0.810. The average molecular weight is 201 g/mol. The van der Waals surface area contributed by atoms with Gasteiger partial charge in [0, 0.05) is 19.7 Å². The van der Waals surface area contributed by atoms with Crippen LogP contribution in [0.3, 0.4) is 0 Å². The van der Waals surface area contributed by atoms with E-state index in [1.807, 2.05) is 0 Å². The average Bonchev–Trinajstić information content (AvgIpc) is 2.62. The molecule has 0 heterocycles. The van der Waals surface area contributed by atoms with Gasteiger partial charge in [0.25, 0.3) is 0 Å². The zero-order valence-electron chi connectivity index (χ0n) is 9.33. The van der Waals surface area contributed by atoms with Crippen molar-refractivity contribution in [2.45, 2.75) is 44.8 Å². The van der Waals surface area contributed by atoms with Crippen molar-refractivity contribution in [1.82, 2.24) is 5.32 Å². The minimum absolute atomic E-state index is 0.363. The molecule has 3 nitrogen and oxygen atoms in total. The summed E-state index contributed by atoms with van der Waals surface area (Å²) >= 11 is 0. The van der Waals surface area contributed by atoms with Gasteiger partial charge in [0.05, 0.1) is 12.7 Å². The number of ether oxygens (including phenoxy) is 1. The number of aliphatic hydroxyl groups excluding tert-OH is 1. The van der Waals surface area contributed by atoms with Crippen LogP contribution in [-0.4, -0.2) is 37.5 Å². The largest absolute Gasteiger partial charge is 0.389 e. The van der Waals surface area contributed by atoms with Crippen LogP contribution < -0.4 is 5.32 Å². The van der Waals surface area contributed by atoms with E-state index in [0.717, 1.165) is 5.92 Å². The summed E-state index contributed by atoms with van der Waals surface area (Å²) in [5, 5.41) is 12.9. The Morgan fingerprint density at radius 2 is 2.29 bits per heavy atom. The smallest absolute Gasteiger partial charge is 0.0897 e. The molecule has 1 fully saturated rings. The first-order valence-corrected chi connectivity index (χ1v) is 5.68. The molecule has 0 bridgehead atoms. The van der Waals surface area contributed by atoms with E-state index in [1.54, 1.807) is 7.11 Å². The lowest BCUT2D eigenvalue weighted by atomic mass is 10.0. The van der Waals surface area contributed by atoms with Gasteiger partial charge in [-0.1, -0.05) is 19.8 Å². The second-order valence-corrected chi connectivity index (χ2v) is 4.22. The number of methoxy groups -OCH3 is 1. The lowest BCUT2D eigenvalue weighted by Crippen LogP contribution is -2.39. The predicted octanol–water partition coefficient (Wildman–Crippen LogP) is 1.16. The van der Waals surface area contributed by atoms with Crippen LogP contribution in [0.4, 0.5) is 0 Å². The minimum atomic E-state index is -0.363. The Morgan fingerprint density at radius 3 is 2.93 bits per heavy atom. The Morgan fingerprint density at radius 1 is 1.50 bits per heavy atom. The molecule has 1 aliphatic rings. The Labute approximate surface area is 86.8 Å². The first-order valence-electron chi connectivity index (χ1n) is 5.68. The highest BCUT2D eigenvalue weighted by atomic mass is 16.5. The Kier molecular flexibility index (Phi) is 5.45. The van der Waals surface area contributed by atoms with Crippen LogP contribution in [0.25, 0.3) is 0 Å². The Hall–Kier alpha value is -0.120.